The first kappa shape index (κ1) is 18.2. The molecule has 0 atom stereocenters. The second kappa shape index (κ2) is 8.10. The van der Waals surface area contributed by atoms with Crippen LogP contribution in [0.25, 0.3) is 0 Å². The van der Waals surface area contributed by atoms with Crippen LogP contribution in [0, 0.1) is 0 Å². The Morgan fingerprint density at radius 2 is 2.12 bits per heavy atom. The van der Waals surface area contributed by atoms with Crippen molar-refractivity contribution in [2.75, 3.05) is 6.61 Å². The summed E-state index contributed by atoms with van der Waals surface area (Å²) in [6, 6.07) is 7.45. The Labute approximate surface area is 148 Å². The monoisotopic (exact) mass is 394 g/mol. The zero-order valence-electron chi connectivity index (χ0n) is 13.6. The number of rotatable bonds is 6. The van der Waals surface area contributed by atoms with Crippen LogP contribution in [0.5, 0.6) is 5.75 Å². The van der Waals surface area contributed by atoms with Crippen molar-refractivity contribution in [1.29, 1.82) is 0 Å². The molecular weight excluding hydrogens is 376 g/mol. The quantitative estimate of drug-likeness (QED) is 0.761. The van der Waals surface area contributed by atoms with Gasteiger partial charge in [0, 0.05) is 4.47 Å². The van der Waals surface area contributed by atoms with E-state index in [1.54, 1.807) is 6.92 Å². The number of nitrogens with zero attached hydrogens (tertiary/aromatic N) is 2. The van der Waals surface area contributed by atoms with E-state index < -0.39 is 11.5 Å². The van der Waals surface area contributed by atoms with E-state index in [0.717, 1.165) is 16.5 Å². The molecule has 24 heavy (non-hydrogen) atoms. The molecule has 2 rings (SSSR count). The molecule has 0 saturated carbocycles. The normalized spacial score (nSPS) is 10.6. The molecule has 128 valence electrons. The first-order chi connectivity index (χ1) is 11.5. The molecular formula is C17H19BrN2O4. The molecule has 0 bridgehead atoms. The number of aryl methyl sites for hydroxylation is 1. The topological polar surface area (TPSA) is 81.4 Å². The Morgan fingerprint density at radius 3 is 2.75 bits per heavy atom. The number of hydrogen-bond donors (Lipinski definition) is 1. The fourth-order valence-corrected chi connectivity index (χ4v) is 2.77. The predicted octanol–water partition coefficient (Wildman–Crippen LogP) is 2.89. The highest BCUT2D eigenvalue weighted by atomic mass is 79.9. The van der Waals surface area contributed by atoms with Gasteiger partial charge in [-0.2, -0.15) is 5.10 Å². The maximum Gasteiger partial charge on any atom is 0.347 e. The molecule has 0 fully saturated rings. The van der Waals surface area contributed by atoms with Gasteiger partial charge in [-0.1, -0.05) is 41.4 Å². The van der Waals surface area contributed by atoms with Crippen molar-refractivity contribution in [2.45, 2.75) is 33.2 Å². The minimum atomic E-state index is -0.831. The number of aromatic hydroxyl groups is 1. The van der Waals surface area contributed by atoms with E-state index in [9.17, 15) is 14.7 Å². The summed E-state index contributed by atoms with van der Waals surface area (Å²) >= 11 is 3.38. The van der Waals surface area contributed by atoms with Gasteiger partial charge >= 0.3 is 5.97 Å². The van der Waals surface area contributed by atoms with Gasteiger partial charge in [0.2, 0.25) is 0 Å². The van der Waals surface area contributed by atoms with E-state index in [1.165, 1.54) is 4.68 Å². The Bertz CT molecular complexity index is 802. The van der Waals surface area contributed by atoms with Crippen LogP contribution in [0.4, 0.5) is 0 Å². The molecule has 7 heteroatoms. The molecule has 1 heterocycles. The predicted molar refractivity (Wildman–Crippen MR) is 93.4 cm³/mol. The lowest BCUT2D eigenvalue weighted by Gasteiger charge is -2.12. The molecule has 2 aromatic rings. The Morgan fingerprint density at radius 1 is 1.38 bits per heavy atom. The molecule has 0 spiro atoms. The Hall–Kier alpha value is -2.15. The van der Waals surface area contributed by atoms with Gasteiger partial charge in [0.05, 0.1) is 13.2 Å². The fourth-order valence-electron chi connectivity index (χ4n) is 2.32. The van der Waals surface area contributed by atoms with Crippen LogP contribution in [0.15, 0.2) is 33.5 Å². The number of carbonyl (C=O) groups excluding carboxylic acids is 1. The summed E-state index contributed by atoms with van der Waals surface area (Å²) in [5.41, 5.74) is 0.146. The van der Waals surface area contributed by atoms with Gasteiger partial charge in [-0.3, -0.25) is 4.79 Å². The molecule has 0 saturated heterocycles. The second-order valence-corrected chi connectivity index (χ2v) is 6.15. The highest BCUT2D eigenvalue weighted by Crippen LogP contribution is 2.20. The molecule has 1 aromatic carbocycles. The van der Waals surface area contributed by atoms with Crippen molar-refractivity contribution in [3.8, 4) is 5.75 Å². The average Bonchev–Trinajstić information content (AvgIpc) is 2.53. The summed E-state index contributed by atoms with van der Waals surface area (Å²) < 4.78 is 6.97. The van der Waals surface area contributed by atoms with E-state index in [2.05, 4.69) is 21.0 Å². The Kier molecular flexibility index (Phi) is 6.14. The smallest absolute Gasteiger partial charge is 0.347 e. The van der Waals surface area contributed by atoms with Crippen LogP contribution in [-0.4, -0.2) is 27.5 Å². The molecule has 0 unspecified atom stereocenters. The molecule has 6 nitrogen and oxygen atoms in total. The first-order valence-electron chi connectivity index (χ1n) is 7.72. The van der Waals surface area contributed by atoms with Crippen LogP contribution in [0.1, 0.15) is 41.9 Å². The van der Waals surface area contributed by atoms with Gasteiger partial charge in [-0.05, 0) is 31.0 Å². The van der Waals surface area contributed by atoms with Crippen LogP contribution in [-0.2, 0) is 17.7 Å². The summed E-state index contributed by atoms with van der Waals surface area (Å²) in [4.78, 5) is 24.7. The summed E-state index contributed by atoms with van der Waals surface area (Å²) in [6.07, 6.45) is 1.18. The van der Waals surface area contributed by atoms with Gasteiger partial charge in [-0.15, -0.1) is 0 Å². The molecule has 0 radical (unpaired) electrons. The highest BCUT2D eigenvalue weighted by molar-refractivity contribution is 9.10. The number of halogens is 1. The minimum absolute atomic E-state index is 0.120. The van der Waals surface area contributed by atoms with Crippen LogP contribution >= 0.6 is 15.9 Å². The molecule has 1 aromatic heterocycles. The molecule has 0 amide bonds. The van der Waals surface area contributed by atoms with Gasteiger partial charge in [0.25, 0.3) is 5.56 Å². The summed E-state index contributed by atoms with van der Waals surface area (Å²) in [6.45, 7) is 3.88. The van der Waals surface area contributed by atoms with Crippen molar-refractivity contribution in [3.05, 3.63) is 55.9 Å². The zero-order valence-corrected chi connectivity index (χ0v) is 15.2. The van der Waals surface area contributed by atoms with Crippen LogP contribution < -0.4 is 5.56 Å². The van der Waals surface area contributed by atoms with Gasteiger partial charge in [0.1, 0.15) is 5.69 Å². The zero-order chi connectivity index (χ0) is 17.7. The third-order valence-corrected chi connectivity index (χ3v) is 3.88. The maximum atomic E-state index is 12.6. The first-order valence-corrected chi connectivity index (χ1v) is 8.51. The molecule has 0 aliphatic rings. The highest BCUT2D eigenvalue weighted by Gasteiger charge is 2.23. The number of benzene rings is 1. The number of carbonyl (C=O) groups is 1. The van der Waals surface area contributed by atoms with Crippen molar-refractivity contribution in [3.63, 3.8) is 0 Å². The fraction of sp³-hybridized carbons (Fsp3) is 0.353. The van der Waals surface area contributed by atoms with Crippen molar-refractivity contribution >= 4 is 21.9 Å². The average molecular weight is 395 g/mol. The summed E-state index contributed by atoms with van der Waals surface area (Å²) in [5.74, 6) is -1.21. The van der Waals surface area contributed by atoms with Gasteiger partial charge < -0.3 is 9.84 Å². The van der Waals surface area contributed by atoms with Crippen molar-refractivity contribution in [2.24, 2.45) is 0 Å². The minimum Gasteiger partial charge on any atom is -0.505 e. The third kappa shape index (κ3) is 4.03. The number of ether oxygens (including phenoxy) is 1. The lowest BCUT2D eigenvalue weighted by atomic mass is 10.1. The van der Waals surface area contributed by atoms with Crippen molar-refractivity contribution in [1.82, 2.24) is 9.78 Å². The van der Waals surface area contributed by atoms with Crippen LogP contribution in [0.3, 0.4) is 0 Å². The van der Waals surface area contributed by atoms with E-state index in [1.807, 2.05) is 31.2 Å². The van der Waals surface area contributed by atoms with Gasteiger partial charge in [0.15, 0.2) is 11.3 Å². The molecule has 1 N–H and O–H groups in total. The number of hydrogen-bond acceptors (Lipinski definition) is 5. The summed E-state index contributed by atoms with van der Waals surface area (Å²) in [7, 11) is 0. The lowest BCUT2D eigenvalue weighted by molar-refractivity contribution is 0.0519. The second-order valence-electron chi connectivity index (χ2n) is 5.23. The maximum absolute atomic E-state index is 12.6. The summed E-state index contributed by atoms with van der Waals surface area (Å²) in [5, 5.41) is 14.5. The number of aromatic nitrogens is 2. The van der Waals surface area contributed by atoms with E-state index in [0.29, 0.717) is 12.1 Å². The van der Waals surface area contributed by atoms with E-state index in [4.69, 9.17) is 4.74 Å². The van der Waals surface area contributed by atoms with E-state index in [-0.39, 0.29) is 24.5 Å². The third-order valence-electron chi connectivity index (χ3n) is 3.39. The van der Waals surface area contributed by atoms with Gasteiger partial charge in [-0.25, -0.2) is 9.48 Å². The Balaban J connectivity index is 2.54. The standard InChI is InChI=1S/C17H19BrN2O4/c1-3-6-13-15(21)14(17(23)24-4-2)16(22)20(19-13)10-11-7-5-8-12(18)9-11/h5,7-9,21H,3-4,6,10H2,1-2H3. The van der Waals surface area contributed by atoms with E-state index >= 15 is 0 Å². The SMILES string of the molecule is CCCc1nn(Cc2cccc(Br)c2)c(=O)c(C(=O)OCC)c1O. The lowest BCUT2D eigenvalue weighted by Crippen LogP contribution is -2.31. The van der Waals surface area contributed by atoms with Crippen LogP contribution in [0.2, 0.25) is 0 Å². The van der Waals surface area contributed by atoms with Crippen molar-refractivity contribution < 1.29 is 14.6 Å². The molecule has 0 aliphatic heterocycles. The number of esters is 1. The molecule has 0 aliphatic carbocycles. The largest absolute Gasteiger partial charge is 0.505 e.